The molecule has 2 fully saturated rings. The highest BCUT2D eigenvalue weighted by Crippen LogP contribution is 2.22. The van der Waals surface area contributed by atoms with E-state index in [4.69, 9.17) is 4.74 Å². The fourth-order valence-corrected chi connectivity index (χ4v) is 3.58. The smallest absolute Gasteiger partial charge is 0.191 e. The van der Waals surface area contributed by atoms with Crippen LogP contribution in [-0.2, 0) is 4.74 Å². The van der Waals surface area contributed by atoms with E-state index < -0.39 is 0 Å². The highest BCUT2D eigenvalue weighted by molar-refractivity contribution is 5.80. The van der Waals surface area contributed by atoms with Crippen LogP contribution in [0.5, 0.6) is 0 Å². The number of nitrogens with one attached hydrogen (secondary N) is 2. The maximum atomic E-state index is 13.8. The molecule has 3 rings (SSSR count). The van der Waals surface area contributed by atoms with Crippen LogP contribution < -0.4 is 10.6 Å². The van der Waals surface area contributed by atoms with Crippen molar-refractivity contribution in [3.05, 3.63) is 35.1 Å². The summed E-state index contributed by atoms with van der Waals surface area (Å²) < 4.78 is 19.7. The number of morpholine rings is 1. The number of nitrogens with zero attached hydrogens (tertiary/aromatic N) is 2. The van der Waals surface area contributed by atoms with Gasteiger partial charge in [0.2, 0.25) is 0 Å². The summed E-state index contributed by atoms with van der Waals surface area (Å²) in [6.07, 6.45) is 2.72. The van der Waals surface area contributed by atoms with Crippen LogP contribution in [-0.4, -0.2) is 56.3 Å². The van der Waals surface area contributed by atoms with Gasteiger partial charge in [0.1, 0.15) is 5.82 Å². The first kappa shape index (κ1) is 18.1. The molecule has 0 bridgehead atoms. The first-order valence-corrected chi connectivity index (χ1v) is 9.15. The predicted octanol–water partition coefficient (Wildman–Crippen LogP) is 2.22. The normalized spacial score (nSPS) is 25.5. The number of rotatable bonds is 4. The molecule has 1 aromatic rings. The quantitative estimate of drug-likeness (QED) is 0.647. The molecule has 0 spiro atoms. The van der Waals surface area contributed by atoms with Crippen molar-refractivity contribution in [3.8, 4) is 0 Å². The van der Waals surface area contributed by atoms with Gasteiger partial charge in [-0.3, -0.25) is 9.89 Å². The molecule has 6 heteroatoms. The van der Waals surface area contributed by atoms with E-state index in [2.05, 4.69) is 20.5 Å². The van der Waals surface area contributed by atoms with Gasteiger partial charge in [-0.05, 0) is 50.4 Å². The van der Waals surface area contributed by atoms with Crippen molar-refractivity contribution in [2.45, 2.75) is 44.9 Å². The molecule has 2 N–H and O–H groups in total. The van der Waals surface area contributed by atoms with E-state index >= 15 is 0 Å². The number of aliphatic imine (C=N–C) groups is 1. The molecule has 0 aromatic heterocycles. The van der Waals surface area contributed by atoms with Gasteiger partial charge in [-0.1, -0.05) is 12.1 Å². The number of halogens is 1. The van der Waals surface area contributed by atoms with Crippen LogP contribution in [0.3, 0.4) is 0 Å². The third-order valence-corrected chi connectivity index (χ3v) is 5.23. The second-order valence-corrected chi connectivity index (χ2v) is 7.07. The number of fused-ring (bicyclic) bond motifs is 1. The molecule has 1 aromatic carbocycles. The van der Waals surface area contributed by atoms with Crippen molar-refractivity contribution < 1.29 is 9.13 Å². The van der Waals surface area contributed by atoms with Crippen molar-refractivity contribution in [1.82, 2.24) is 15.5 Å². The van der Waals surface area contributed by atoms with Crippen LogP contribution in [0, 0.1) is 12.7 Å². The SMILES string of the molecule is CN=C(NCC1CN2CCCC2CO1)NC(C)c1ccc(C)c(F)c1. The highest BCUT2D eigenvalue weighted by Gasteiger charge is 2.32. The number of benzene rings is 1. The summed E-state index contributed by atoms with van der Waals surface area (Å²) in [4.78, 5) is 6.81. The van der Waals surface area contributed by atoms with Crippen LogP contribution in [0.25, 0.3) is 0 Å². The van der Waals surface area contributed by atoms with E-state index in [0.717, 1.165) is 25.3 Å². The molecule has 2 aliphatic rings. The molecular formula is C19H29FN4O. The first-order valence-electron chi connectivity index (χ1n) is 9.15. The van der Waals surface area contributed by atoms with E-state index in [1.165, 1.54) is 19.4 Å². The Kier molecular flexibility index (Phi) is 5.91. The fourth-order valence-electron chi connectivity index (χ4n) is 3.58. The molecule has 2 saturated heterocycles. The Bertz CT molecular complexity index is 621. The van der Waals surface area contributed by atoms with Crippen molar-refractivity contribution in [1.29, 1.82) is 0 Å². The summed E-state index contributed by atoms with van der Waals surface area (Å²) >= 11 is 0. The molecule has 0 aliphatic carbocycles. The van der Waals surface area contributed by atoms with E-state index in [1.807, 2.05) is 13.0 Å². The third kappa shape index (κ3) is 4.50. The Morgan fingerprint density at radius 2 is 2.32 bits per heavy atom. The van der Waals surface area contributed by atoms with Crippen LogP contribution in [0.15, 0.2) is 23.2 Å². The zero-order chi connectivity index (χ0) is 17.8. The second-order valence-electron chi connectivity index (χ2n) is 7.07. The summed E-state index contributed by atoms with van der Waals surface area (Å²) in [7, 11) is 1.75. The Morgan fingerprint density at radius 3 is 3.08 bits per heavy atom. The summed E-state index contributed by atoms with van der Waals surface area (Å²) in [5, 5.41) is 6.66. The van der Waals surface area contributed by atoms with Gasteiger partial charge in [0.15, 0.2) is 5.96 Å². The van der Waals surface area contributed by atoms with Gasteiger partial charge in [0.25, 0.3) is 0 Å². The number of aryl methyl sites for hydroxylation is 1. The molecule has 5 nitrogen and oxygen atoms in total. The minimum Gasteiger partial charge on any atom is -0.373 e. The van der Waals surface area contributed by atoms with Gasteiger partial charge < -0.3 is 15.4 Å². The molecule has 0 saturated carbocycles. The van der Waals surface area contributed by atoms with Crippen LogP contribution in [0.4, 0.5) is 4.39 Å². The maximum absolute atomic E-state index is 13.8. The van der Waals surface area contributed by atoms with Crippen molar-refractivity contribution in [2.24, 2.45) is 4.99 Å². The monoisotopic (exact) mass is 348 g/mol. The lowest BCUT2D eigenvalue weighted by atomic mass is 10.1. The fraction of sp³-hybridized carbons (Fsp3) is 0.632. The third-order valence-electron chi connectivity index (χ3n) is 5.23. The molecule has 138 valence electrons. The van der Waals surface area contributed by atoms with E-state index in [1.54, 1.807) is 26.1 Å². The van der Waals surface area contributed by atoms with Gasteiger partial charge in [-0.2, -0.15) is 0 Å². The maximum Gasteiger partial charge on any atom is 0.191 e. The topological polar surface area (TPSA) is 48.9 Å². The average molecular weight is 348 g/mol. The lowest BCUT2D eigenvalue weighted by Gasteiger charge is -2.35. The van der Waals surface area contributed by atoms with Gasteiger partial charge in [0, 0.05) is 26.2 Å². The standard InChI is InChI=1S/C19H29FN4O/c1-13-6-7-15(9-18(13)20)14(2)23-19(21-3)22-10-17-11-24-8-4-5-16(24)12-25-17/h6-7,9,14,16-17H,4-5,8,10-12H2,1-3H3,(H2,21,22,23). The van der Waals surface area contributed by atoms with E-state index in [9.17, 15) is 4.39 Å². The zero-order valence-electron chi connectivity index (χ0n) is 15.4. The number of guanidine groups is 1. The Labute approximate surface area is 149 Å². The summed E-state index contributed by atoms with van der Waals surface area (Å²) in [6.45, 7) is 7.49. The number of ether oxygens (including phenoxy) is 1. The van der Waals surface area contributed by atoms with E-state index in [-0.39, 0.29) is 18.0 Å². The summed E-state index contributed by atoms with van der Waals surface area (Å²) in [5.41, 5.74) is 1.56. The van der Waals surface area contributed by atoms with Crippen molar-refractivity contribution in [3.63, 3.8) is 0 Å². The van der Waals surface area contributed by atoms with Crippen LogP contribution >= 0.6 is 0 Å². The molecule has 2 aliphatic heterocycles. The molecule has 0 amide bonds. The Morgan fingerprint density at radius 1 is 1.48 bits per heavy atom. The molecular weight excluding hydrogens is 319 g/mol. The van der Waals surface area contributed by atoms with E-state index in [0.29, 0.717) is 17.6 Å². The van der Waals surface area contributed by atoms with Crippen molar-refractivity contribution >= 4 is 5.96 Å². The average Bonchev–Trinajstić information content (AvgIpc) is 3.08. The largest absolute Gasteiger partial charge is 0.373 e. The van der Waals surface area contributed by atoms with Crippen LogP contribution in [0.1, 0.15) is 36.9 Å². The van der Waals surface area contributed by atoms with Gasteiger partial charge >= 0.3 is 0 Å². The number of hydrogen-bond donors (Lipinski definition) is 2. The van der Waals surface area contributed by atoms with Gasteiger partial charge in [-0.15, -0.1) is 0 Å². The number of hydrogen-bond acceptors (Lipinski definition) is 3. The molecule has 0 radical (unpaired) electrons. The minimum atomic E-state index is -0.176. The minimum absolute atomic E-state index is 0.0310. The lowest BCUT2D eigenvalue weighted by molar-refractivity contribution is -0.0453. The summed E-state index contributed by atoms with van der Waals surface area (Å²) in [6, 6.07) is 5.92. The molecule has 3 unspecified atom stereocenters. The molecule has 25 heavy (non-hydrogen) atoms. The predicted molar refractivity (Wildman–Crippen MR) is 98.4 cm³/mol. The molecule has 2 heterocycles. The zero-order valence-corrected chi connectivity index (χ0v) is 15.4. The first-order chi connectivity index (χ1) is 12.1. The molecule has 3 atom stereocenters. The second kappa shape index (κ2) is 8.15. The Hall–Kier alpha value is -1.66. The van der Waals surface area contributed by atoms with Crippen molar-refractivity contribution in [2.75, 3.05) is 33.3 Å². The van der Waals surface area contributed by atoms with Crippen LogP contribution in [0.2, 0.25) is 0 Å². The lowest BCUT2D eigenvalue weighted by Crippen LogP contribution is -2.51. The highest BCUT2D eigenvalue weighted by atomic mass is 19.1. The van der Waals surface area contributed by atoms with Gasteiger partial charge in [-0.25, -0.2) is 4.39 Å². The Balaban J connectivity index is 1.50. The van der Waals surface area contributed by atoms with Gasteiger partial charge in [0.05, 0.1) is 18.8 Å². The summed E-state index contributed by atoms with van der Waals surface area (Å²) in [5.74, 6) is 0.533.